The molecule has 1 fully saturated rings. The molecule has 2 aromatic heterocycles. The molecule has 0 N–H and O–H groups in total. The average molecular weight is 623 g/mol. The van der Waals surface area contributed by atoms with Crippen LogP contribution in [0, 0.1) is 0 Å². The quantitative estimate of drug-likeness (QED) is 0.184. The highest BCUT2D eigenvalue weighted by molar-refractivity contribution is 6.70. The highest BCUT2D eigenvalue weighted by Crippen LogP contribution is 2.39. The lowest BCUT2D eigenvalue weighted by Gasteiger charge is -2.32. The Hall–Kier alpha value is -3.68. The molecule has 4 aromatic carbocycles. The fourth-order valence-corrected chi connectivity index (χ4v) is 6.06. The largest absolute Gasteiger partial charge is 0.494 e. The van der Waals surface area contributed by atoms with Crippen LogP contribution in [0.25, 0.3) is 56.1 Å². The second kappa shape index (κ2) is 11.9. The second-order valence-corrected chi connectivity index (χ2v) is 13.3. The van der Waals surface area contributed by atoms with E-state index in [0.717, 1.165) is 10.8 Å². The molecule has 7 rings (SSSR count). The Balaban J connectivity index is 1.53. The molecule has 0 amide bonds. The van der Waals surface area contributed by atoms with Crippen LogP contribution in [0.2, 0.25) is 0 Å². The molecule has 1 aliphatic rings. The van der Waals surface area contributed by atoms with Gasteiger partial charge in [-0.25, -0.2) is 15.0 Å². The minimum absolute atomic E-state index is 0.00567. The number of hydrogen-bond acceptors (Lipinski definition) is 6. The Morgan fingerprint density at radius 3 is 1.44 bits per heavy atom. The van der Waals surface area contributed by atoms with Gasteiger partial charge in [-0.3, -0.25) is 0 Å². The van der Waals surface area contributed by atoms with Crippen molar-refractivity contribution in [2.24, 2.45) is 0 Å². The van der Waals surface area contributed by atoms with Gasteiger partial charge in [0.05, 0.1) is 11.2 Å². The topological polar surface area (TPSA) is 70.3 Å². The van der Waals surface area contributed by atoms with Gasteiger partial charge in [-0.15, -0.1) is 32.8 Å². The summed E-state index contributed by atoms with van der Waals surface area (Å²) < 4.78 is 19.0. The average Bonchev–Trinajstić information content (AvgIpc) is 3.56. The summed E-state index contributed by atoms with van der Waals surface area (Å²) >= 11 is 0. The number of fused-ring (bicyclic) bond motifs is 3. The maximum atomic E-state index is 6.47. The molecule has 3 heterocycles. The first-order valence-electron chi connectivity index (χ1n) is 15.5. The van der Waals surface area contributed by atoms with Crippen LogP contribution in [-0.2, 0) is 9.31 Å². The first kappa shape index (κ1) is 34.8. The van der Waals surface area contributed by atoms with E-state index in [1.165, 1.54) is 0 Å². The van der Waals surface area contributed by atoms with Crippen molar-refractivity contribution < 1.29 is 13.7 Å². The predicted octanol–water partition coefficient (Wildman–Crippen LogP) is -4.99. The highest BCUT2D eigenvalue weighted by atomic mass is 16.7. The third-order valence-corrected chi connectivity index (χ3v) is 9.77. The zero-order chi connectivity index (χ0) is 36.2. The van der Waals surface area contributed by atoms with Crippen molar-refractivity contribution in [3.63, 3.8) is 0 Å². The third kappa shape index (κ3) is 5.21. The first-order chi connectivity index (χ1) is 23.4. The Kier molecular flexibility index (Phi) is 8.31. The van der Waals surface area contributed by atoms with E-state index in [-0.39, 0.29) is 83.2 Å². The van der Waals surface area contributed by atoms with Crippen molar-refractivity contribution in [2.75, 3.05) is 0 Å². The van der Waals surface area contributed by atoms with E-state index in [1.54, 1.807) is 0 Å². The fraction of sp³-hybridized carbons (Fsp3) is 0.182. The van der Waals surface area contributed by atoms with Crippen LogP contribution in [-0.4, -0.2) is 112 Å². The Morgan fingerprint density at radius 2 is 0.960 bits per heavy atom. The molecule has 0 bridgehead atoms. The molecule has 0 unspecified atom stereocenters. The molecule has 216 valence electrons. The number of furan rings is 1. The Labute approximate surface area is 304 Å². The zero-order valence-corrected chi connectivity index (χ0v) is 27.9. The summed E-state index contributed by atoms with van der Waals surface area (Å²) in [6, 6.07) is 11.2. The Bertz CT molecular complexity index is 2270. The van der Waals surface area contributed by atoms with Crippen molar-refractivity contribution >= 4 is 168 Å². The number of hydrogen-bond donors (Lipinski definition) is 0. The van der Waals surface area contributed by atoms with Crippen LogP contribution in [0.1, 0.15) is 27.7 Å². The van der Waals surface area contributed by atoms with Gasteiger partial charge in [0, 0.05) is 27.5 Å². The molecule has 50 heavy (non-hydrogen) atoms. The van der Waals surface area contributed by atoms with Crippen LogP contribution in [0.5, 0.6) is 0 Å². The Morgan fingerprint density at radius 1 is 0.520 bits per heavy atom. The molecule has 1 saturated heterocycles. The van der Waals surface area contributed by atoms with Gasteiger partial charge in [0.2, 0.25) is 0 Å². The van der Waals surface area contributed by atoms with Crippen LogP contribution >= 0.6 is 0 Å². The van der Waals surface area contributed by atoms with Gasteiger partial charge in [-0.05, 0) is 45.3 Å². The molecule has 1 aliphatic heterocycles. The molecule has 0 atom stereocenters. The third-order valence-electron chi connectivity index (χ3n) is 9.77. The van der Waals surface area contributed by atoms with Gasteiger partial charge in [0.15, 0.2) is 17.5 Å². The number of rotatable bonds is 4. The molecule has 6 aromatic rings. The van der Waals surface area contributed by atoms with Crippen molar-refractivity contribution in [1.82, 2.24) is 15.0 Å². The zero-order valence-electron chi connectivity index (χ0n) is 27.9. The fourth-order valence-electron chi connectivity index (χ4n) is 6.06. The van der Waals surface area contributed by atoms with Crippen molar-refractivity contribution in [1.29, 1.82) is 0 Å². The van der Waals surface area contributed by atoms with E-state index < -0.39 is 18.3 Å². The maximum absolute atomic E-state index is 6.47. The monoisotopic (exact) mass is 625 g/mol. The lowest BCUT2D eigenvalue weighted by atomic mass is 9.60. The minimum Gasteiger partial charge on any atom is -0.456 e. The summed E-state index contributed by atoms with van der Waals surface area (Å²) in [5, 5.41) is 1.45. The smallest absolute Gasteiger partial charge is 0.456 e. The van der Waals surface area contributed by atoms with E-state index in [1.807, 2.05) is 64.1 Å². The van der Waals surface area contributed by atoms with Crippen LogP contribution in [0.3, 0.4) is 0 Å². The molecular formula is C33H18B11N3O3. The van der Waals surface area contributed by atoms with Crippen molar-refractivity contribution in [3.8, 4) is 34.2 Å². The summed E-state index contributed by atoms with van der Waals surface area (Å²) in [6.45, 7) is 7.99. The van der Waals surface area contributed by atoms with Gasteiger partial charge in [0.25, 0.3) is 0 Å². The molecule has 0 aliphatic carbocycles. The minimum atomic E-state index is -0.614. The molecule has 20 radical (unpaired) electrons. The number of nitrogens with zero attached hydrogens (tertiary/aromatic N) is 3. The molecular weight excluding hydrogens is 605 g/mol. The van der Waals surface area contributed by atoms with Crippen LogP contribution in [0.15, 0.2) is 40.8 Å². The maximum Gasteiger partial charge on any atom is 0.494 e. The highest BCUT2D eigenvalue weighted by Gasteiger charge is 2.51. The lowest BCUT2D eigenvalue weighted by Crippen LogP contribution is -2.55. The van der Waals surface area contributed by atoms with Crippen LogP contribution < -0.4 is 60.1 Å². The van der Waals surface area contributed by atoms with Gasteiger partial charge >= 0.3 is 7.12 Å². The van der Waals surface area contributed by atoms with E-state index in [4.69, 9.17) is 102 Å². The molecule has 0 spiro atoms. The van der Waals surface area contributed by atoms with Crippen LogP contribution in [0.4, 0.5) is 0 Å². The summed E-state index contributed by atoms with van der Waals surface area (Å²) in [4.78, 5) is 14.4. The molecule has 6 nitrogen and oxygen atoms in total. The van der Waals surface area contributed by atoms with E-state index in [2.05, 4.69) is 4.98 Å². The number of aromatic nitrogens is 3. The summed E-state index contributed by atoms with van der Waals surface area (Å²) in [5.41, 5.74) is 1.82. The normalized spacial score (nSPS) is 15.3. The van der Waals surface area contributed by atoms with Crippen molar-refractivity contribution in [2.45, 2.75) is 38.9 Å². The second-order valence-electron chi connectivity index (χ2n) is 13.3. The van der Waals surface area contributed by atoms with Crippen molar-refractivity contribution in [3.05, 3.63) is 36.4 Å². The first-order valence-corrected chi connectivity index (χ1v) is 15.5. The van der Waals surface area contributed by atoms with Gasteiger partial charge < -0.3 is 13.7 Å². The summed E-state index contributed by atoms with van der Waals surface area (Å²) in [7, 11) is 62.4. The van der Waals surface area contributed by atoms with Gasteiger partial charge in [-0.1, -0.05) is 46.1 Å². The summed E-state index contributed by atoms with van der Waals surface area (Å²) in [5.74, 6) is 0.155. The molecule has 0 saturated carbocycles. The lowest BCUT2D eigenvalue weighted by molar-refractivity contribution is 0.00578. The summed E-state index contributed by atoms with van der Waals surface area (Å²) in [6.07, 6.45) is 0. The standard InChI is InChI=1S/C33H18B11N3O3/c1-32(2)33(3,4)50-44(49-32)11-8-9-14-13(10-11)16-12(6-5-7-15(16)48-14)29-45-30(17-19(34)23(38)27(42)24(39)20(17)35)47-31(46-29)18-21(36)25(40)28(43)26(41)22(18)37/h5-10H,1-4H3. The van der Waals surface area contributed by atoms with Gasteiger partial charge in [-0.2, -0.15) is 0 Å². The van der Waals surface area contributed by atoms with Gasteiger partial charge in [0.1, 0.15) is 89.6 Å². The predicted molar refractivity (Wildman–Crippen MR) is 213 cm³/mol. The van der Waals surface area contributed by atoms with E-state index in [0.29, 0.717) is 22.1 Å². The van der Waals surface area contributed by atoms with E-state index in [9.17, 15) is 0 Å². The number of benzene rings is 4. The molecule has 17 heteroatoms. The van der Waals surface area contributed by atoms with E-state index >= 15 is 0 Å². The SMILES string of the molecule is [B]c1c([B])c([B])c(-c2nc(-c3c([B])c([B])c([B])c([B])c3[B])nc(-c3cccc4oc5ccc(B6OC(C)(C)C(C)(C)O6)cc5c34)n2)c([B])c1[B].